The second kappa shape index (κ2) is 5.81. The molecule has 14 heavy (non-hydrogen) atoms. The van der Waals surface area contributed by atoms with Crippen molar-refractivity contribution in [3.63, 3.8) is 0 Å². The molecule has 0 aliphatic rings. The molecule has 1 N–H and O–H groups in total. The first-order valence-electron chi connectivity index (χ1n) is 5.01. The van der Waals surface area contributed by atoms with Gasteiger partial charge in [0.05, 0.1) is 0 Å². The van der Waals surface area contributed by atoms with Gasteiger partial charge in [-0.3, -0.25) is 0 Å². The van der Waals surface area contributed by atoms with Gasteiger partial charge in [-0.05, 0) is 30.5 Å². The molecule has 0 aliphatic carbocycles. The third-order valence-electron chi connectivity index (χ3n) is 2.11. The minimum absolute atomic E-state index is 0.293. The van der Waals surface area contributed by atoms with Crippen molar-refractivity contribution in [1.29, 1.82) is 0 Å². The maximum Gasteiger partial charge on any atom is 0.224 e. The van der Waals surface area contributed by atoms with Crippen LogP contribution in [0.25, 0.3) is 0 Å². The molecule has 0 spiro atoms. The van der Waals surface area contributed by atoms with Crippen molar-refractivity contribution in [3.05, 3.63) is 17.5 Å². The Kier molecular flexibility index (Phi) is 4.66. The zero-order valence-electron chi connectivity index (χ0n) is 8.63. The van der Waals surface area contributed by atoms with Gasteiger partial charge in [0, 0.05) is 12.2 Å². The Morgan fingerprint density at radius 1 is 1.50 bits per heavy atom. The molecule has 1 unspecified atom stereocenters. The fourth-order valence-electron chi connectivity index (χ4n) is 1.35. The number of anilines is 1. The van der Waals surface area contributed by atoms with Crippen molar-refractivity contribution in [2.75, 3.05) is 5.32 Å². The van der Waals surface area contributed by atoms with E-state index in [9.17, 15) is 0 Å². The van der Waals surface area contributed by atoms with E-state index in [0.29, 0.717) is 11.3 Å². The van der Waals surface area contributed by atoms with Crippen LogP contribution < -0.4 is 5.32 Å². The first kappa shape index (κ1) is 11.2. The van der Waals surface area contributed by atoms with Crippen molar-refractivity contribution in [1.82, 2.24) is 9.97 Å². The van der Waals surface area contributed by atoms with Crippen molar-refractivity contribution in [2.24, 2.45) is 0 Å². The Balaban J connectivity index is 2.57. The number of rotatable bonds is 5. The van der Waals surface area contributed by atoms with Gasteiger partial charge < -0.3 is 5.32 Å². The van der Waals surface area contributed by atoms with Gasteiger partial charge in [-0.15, -0.1) is 0 Å². The van der Waals surface area contributed by atoms with Crippen LogP contribution >= 0.6 is 11.6 Å². The summed E-state index contributed by atoms with van der Waals surface area (Å²) >= 11 is 5.69. The third-order valence-corrected chi connectivity index (χ3v) is 2.29. The molecule has 78 valence electrons. The molecule has 0 aromatic carbocycles. The first-order chi connectivity index (χ1) is 6.76. The van der Waals surface area contributed by atoms with Gasteiger partial charge in [-0.2, -0.15) is 0 Å². The summed E-state index contributed by atoms with van der Waals surface area (Å²) in [7, 11) is 0. The van der Waals surface area contributed by atoms with E-state index in [1.165, 1.54) is 6.42 Å². The molecule has 0 bridgehead atoms. The molecule has 1 aromatic rings. The largest absolute Gasteiger partial charge is 0.367 e. The monoisotopic (exact) mass is 213 g/mol. The Bertz CT molecular complexity index is 278. The lowest BCUT2D eigenvalue weighted by molar-refractivity contribution is 0.620. The molecule has 0 radical (unpaired) electrons. The zero-order valence-corrected chi connectivity index (χ0v) is 9.38. The van der Waals surface area contributed by atoms with Crippen LogP contribution in [0.5, 0.6) is 0 Å². The third kappa shape index (κ3) is 3.50. The van der Waals surface area contributed by atoms with E-state index in [4.69, 9.17) is 11.6 Å². The number of nitrogens with one attached hydrogen (secondary N) is 1. The Morgan fingerprint density at radius 2 is 2.29 bits per heavy atom. The summed E-state index contributed by atoms with van der Waals surface area (Å²) in [6.07, 6.45) is 5.08. The molecule has 1 rings (SSSR count). The predicted octanol–water partition coefficient (Wildman–Crippen LogP) is 3.12. The molecule has 0 aliphatic heterocycles. The lowest BCUT2D eigenvalue weighted by Crippen LogP contribution is -2.18. The van der Waals surface area contributed by atoms with Crippen LogP contribution in [0.3, 0.4) is 0 Å². The highest BCUT2D eigenvalue weighted by Gasteiger charge is 2.05. The summed E-state index contributed by atoms with van der Waals surface area (Å²) < 4.78 is 0. The van der Waals surface area contributed by atoms with Crippen LogP contribution in [0.15, 0.2) is 12.3 Å². The van der Waals surface area contributed by atoms with Gasteiger partial charge in [-0.25, -0.2) is 9.97 Å². The molecular formula is C10H16ClN3. The first-order valence-corrected chi connectivity index (χ1v) is 5.39. The molecule has 0 amide bonds. The van der Waals surface area contributed by atoms with Crippen molar-refractivity contribution >= 4 is 17.4 Å². The van der Waals surface area contributed by atoms with Gasteiger partial charge in [0.1, 0.15) is 5.82 Å². The average Bonchev–Trinajstić information content (AvgIpc) is 2.17. The van der Waals surface area contributed by atoms with Crippen LogP contribution in [0, 0.1) is 0 Å². The van der Waals surface area contributed by atoms with Crippen molar-refractivity contribution in [2.45, 2.75) is 39.2 Å². The highest BCUT2D eigenvalue weighted by Crippen LogP contribution is 2.11. The van der Waals surface area contributed by atoms with Gasteiger partial charge in [0.15, 0.2) is 0 Å². The van der Waals surface area contributed by atoms with Crippen molar-refractivity contribution < 1.29 is 0 Å². The van der Waals surface area contributed by atoms with Crippen molar-refractivity contribution in [3.8, 4) is 0 Å². The maximum atomic E-state index is 5.69. The standard InChI is InChI=1S/C10H16ClN3/c1-3-5-8(4-2)13-9-6-7-12-10(11)14-9/h6-8H,3-5H2,1-2H3,(H,12,13,14). The molecule has 3 nitrogen and oxygen atoms in total. The predicted molar refractivity (Wildman–Crippen MR) is 59.7 cm³/mol. The van der Waals surface area contributed by atoms with E-state index < -0.39 is 0 Å². The minimum atomic E-state index is 0.293. The molecule has 1 atom stereocenters. The lowest BCUT2D eigenvalue weighted by Gasteiger charge is -2.16. The average molecular weight is 214 g/mol. The molecular weight excluding hydrogens is 198 g/mol. The number of nitrogens with zero attached hydrogens (tertiary/aromatic N) is 2. The Labute approximate surface area is 89.9 Å². The Morgan fingerprint density at radius 3 is 2.86 bits per heavy atom. The van der Waals surface area contributed by atoms with Crippen LogP contribution in [0.4, 0.5) is 5.82 Å². The van der Waals surface area contributed by atoms with Crippen LogP contribution in [-0.4, -0.2) is 16.0 Å². The minimum Gasteiger partial charge on any atom is -0.367 e. The quantitative estimate of drug-likeness (QED) is 0.764. The van der Waals surface area contributed by atoms with E-state index in [0.717, 1.165) is 18.7 Å². The maximum absolute atomic E-state index is 5.69. The number of aromatic nitrogens is 2. The summed E-state index contributed by atoms with van der Waals surface area (Å²) in [5, 5.41) is 3.63. The summed E-state index contributed by atoms with van der Waals surface area (Å²) in [6, 6.07) is 2.32. The number of hydrogen-bond acceptors (Lipinski definition) is 3. The Hall–Kier alpha value is -0.830. The van der Waals surface area contributed by atoms with Gasteiger partial charge in [0.25, 0.3) is 0 Å². The van der Waals surface area contributed by atoms with E-state index in [-0.39, 0.29) is 0 Å². The number of hydrogen-bond donors (Lipinski definition) is 1. The molecule has 1 heterocycles. The molecule has 0 fully saturated rings. The van der Waals surface area contributed by atoms with Gasteiger partial charge >= 0.3 is 0 Å². The summed E-state index contributed by atoms with van der Waals surface area (Å²) in [6.45, 7) is 4.34. The van der Waals surface area contributed by atoms with Crippen LogP contribution in [0.1, 0.15) is 33.1 Å². The van der Waals surface area contributed by atoms with E-state index >= 15 is 0 Å². The summed E-state index contributed by atoms with van der Waals surface area (Å²) in [4.78, 5) is 7.92. The van der Waals surface area contributed by atoms with E-state index in [2.05, 4.69) is 29.1 Å². The van der Waals surface area contributed by atoms with Gasteiger partial charge in [0.2, 0.25) is 5.28 Å². The van der Waals surface area contributed by atoms with Crippen LogP contribution in [0.2, 0.25) is 5.28 Å². The second-order valence-electron chi connectivity index (χ2n) is 3.25. The highest BCUT2D eigenvalue weighted by atomic mass is 35.5. The summed E-state index contributed by atoms with van der Waals surface area (Å²) in [5.74, 6) is 0.810. The zero-order chi connectivity index (χ0) is 10.4. The van der Waals surface area contributed by atoms with E-state index in [1.54, 1.807) is 6.20 Å². The molecule has 0 saturated carbocycles. The molecule has 4 heteroatoms. The topological polar surface area (TPSA) is 37.8 Å². The van der Waals surface area contributed by atoms with Gasteiger partial charge in [-0.1, -0.05) is 20.3 Å². The smallest absolute Gasteiger partial charge is 0.224 e. The SMILES string of the molecule is CCCC(CC)Nc1ccnc(Cl)n1. The lowest BCUT2D eigenvalue weighted by atomic mass is 10.1. The summed E-state index contributed by atoms with van der Waals surface area (Å²) in [5.41, 5.74) is 0. The fourth-order valence-corrected chi connectivity index (χ4v) is 1.50. The normalized spacial score (nSPS) is 12.5. The molecule has 1 aromatic heterocycles. The van der Waals surface area contributed by atoms with Crippen LogP contribution in [-0.2, 0) is 0 Å². The second-order valence-corrected chi connectivity index (χ2v) is 3.59. The fraction of sp³-hybridized carbons (Fsp3) is 0.600. The highest BCUT2D eigenvalue weighted by molar-refractivity contribution is 6.28. The molecule has 0 saturated heterocycles. The van der Waals surface area contributed by atoms with E-state index in [1.807, 2.05) is 6.07 Å². The number of halogens is 1.